The molecule has 0 fully saturated rings. The van der Waals surface area contributed by atoms with Crippen LogP contribution in [0.25, 0.3) is 0 Å². The van der Waals surface area contributed by atoms with E-state index in [0.29, 0.717) is 12.3 Å². The molecule has 1 aromatic carbocycles. The van der Waals surface area contributed by atoms with E-state index in [-0.39, 0.29) is 11.1 Å². The molecule has 0 aliphatic heterocycles. The molecule has 0 saturated heterocycles. The highest BCUT2D eigenvalue weighted by molar-refractivity contribution is 6.31. The summed E-state index contributed by atoms with van der Waals surface area (Å²) in [6.45, 7) is 2.75. The maximum absolute atomic E-state index is 13.5. The third-order valence-corrected chi connectivity index (χ3v) is 3.56. The number of halogens is 2. The maximum Gasteiger partial charge on any atom is 0.216 e. The number of ether oxygens (including phenoxy) is 1. The molecule has 4 nitrogen and oxygen atoms in total. The summed E-state index contributed by atoms with van der Waals surface area (Å²) in [5, 5.41) is 3.47. The first-order chi connectivity index (χ1) is 10.2. The summed E-state index contributed by atoms with van der Waals surface area (Å²) in [5.41, 5.74) is 1.52. The zero-order chi connectivity index (χ0) is 15.2. The van der Waals surface area contributed by atoms with Crippen LogP contribution in [-0.4, -0.2) is 23.6 Å². The van der Waals surface area contributed by atoms with Crippen LogP contribution in [0.5, 0.6) is 5.88 Å². The summed E-state index contributed by atoms with van der Waals surface area (Å²) in [6, 6.07) is 6.49. The van der Waals surface area contributed by atoms with Gasteiger partial charge in [-0.25, -0.2) is 14.4 Å². The Morgan fingerprint density at radius 3 is 2.90 bits per heavy atom. The van der Waals surface area contributed by atoms with Crippen molar-refractivity contribution in [3.8, 4) is 5.88 Å². The van der Waals surface area contributed by atoms with Gasteiger partial charge in [0.25, 0.3) is 0 Å². The van der Waals surface area contributed by atoms with E-state index in [1.54, 1.807) is 19.2 Å². The van der Waals surface area contributed by atoms with Gasteiger partial charge in [-0.05, 0) is 24.6 Å². The number of nitrogens with zero attached hydrogens (tertiary/aromatic N) is 2. The minimum absolute atomic E-state index is 0.0915. The van der Waals surface area contributed by atoms with E-state index in [1.165, 1.54) is 12.4 Å². The first kappa shape index (κ1) is 15.7. The number of nitrogens with one attached hydrogen (secondary N) is 1. The largest absolute Gasteiger partial charge is 0.481 e. The van der Waals surface area contributed by atoms with Crippen molar-refractivity contribution in [2.45, 2.75) is 19.4 Å². The Hall–Kier alpha value is -1.72. The number of likely N-dealkylation sites (N-methyl/N-ethyl adjacent to an activating group) is 1. The van der Waals surface area contributed by atoms with Crippen LogP contribution < -0.4 is 10.1 Å². The van der Waals surface area contributed by atoms with Crippen LogP contribution in [0.4, 0.5) is 4.39 Å². The lowest BCUT2D eigenvalue weighted by atomic mass is 10.0. The number of methoxy groups -OCH3 is 1. The van der Waals surface area contributed by atoms with E-state index >= 15 is 0 Å². The molecular weight excluding hydrogens is 293 g/mol. The summed E-state index contributed by atoms with van der Waals surface area (Å²) in [7, 11) is 1.55. The van der Waals surface area contributed by atoms with Crippen molar-refractivity contribution in [3.63, 3.8) is 0 Å². The fraction of sp³-hybridized carbons (Fsp3) is 0.333. The Morgan fingerprint density at radius 2 is 2.19 bits per heavy atom. The lowest BCUT2D eigenvalue weighted by molar-refractivity contribution is 0.393. The molecule has 0 spiro atoms. The van der Waals surface area contributed by atoms with Gasteiger partial charge < -0.3 is 10.1 Å². The zero-order valence-corrected chi connectivity index (χ0v) is 12.7. The van der Waals surface area contributed by atoms with Crippen LogP contribution in [0, 0.1) is 5.82 Å². The highest BCUT2D eigenvalue weighted by Gasteiger charge is 2.16. The van der Waals surface area contributed by atoms with E-state index < -0.39 is 5.82 Å². The van der Waals surface area contributed by atoms with E-state index in [0.717, 1.165) is 17.8 Å². The van der Waals surface area contributed by atoms with Crippen LogP contribution >= 0.6 is 11.6 Å². The molecule has 1 N–H and O–H groups in total. The standard InChI is InChI=1S/C15H17ClFN3O/c1-3-18-12(13-8-14(21-2)20-9-19-13)7-10-5-4-6-11(17)15(10)16/h4-6,8-9,12,18H,3,7H2,1-2H3. The van der Waals surface area contributed by atoms with E-state index in [1.807, 2.05) is 13.0 Å². The third kappa shape index (κ3) is 3.89. The molecule has 2 aromatic rings. The van der Waals surface area contributed by atoms with Crippen molar-refractivity contribution < 1.29 is 9.13 Å². The Balaban J connectivity index is 2.28. The fourth-order valence-electron chi connectivity index (χ4n) is 2.11. The normalized spacial score (nSPS) is 12.2. The highest BCUT2D eigenvalue weighted by atomic mass is 35.5. The molecule has 0 bridgehead atoms. The van der Waals surface area contributed by atoms with Gasteiger partial charge in [0.2, 0.25) is 5.88 Å². The molecule has 1 aromatic heterocycles. The minimum atomic E-state index is -0.412. The van der Waals surface area contributed by atoms with Gasteiger partial charge in [-0.15, -0.1) is 0 Å². The molecule has 21 heavy (non-hydrogen) atoms. The first-order valence-electron chi connectivity index (χ1n) is 6.68. The number of hydrogen-bond donors (Lipinski definition) is 1. The van der Waals surface area contributed by atoms with Gasteiger partial charge in [-0.1, -0.05) is 30.7 Å². The number of hydrogen-bond acceptors (Lipinski definition) is 4. The number of rotatable bonds is 6. The molecule has 0 radical (unpaired) electrons. The average molecular weight is 310 g/mol. The summed E-state index contributed by atoms with van der Waals surface area (Å²) in [6.07, 6.45) is 1.98. The fourth-order valence-corrected chi connectivity index (χ4v) is 2.31. The Bertz CT molecular complexity index is 609. The van der Waals surface area contributed by atoms with Gasteiger partial charge in [-0.2, -0.15) is 0 Å². The summed E-state index contributed by atoms with van der Waals surface area (Å²) in [5.74, 6) is 0.0814. The second-order valence-corrected chi connectivity index (χ2v) is 4.89. The van der Waals surface area contributed by atoms with Gasteiger partial charge >= 0.3 is 0 Å². The van der Waals surface area contributed by atoms with Crippen molar-refractivity contribution in [1.29, 1.82) is 0 Å². The molecule has 1 atom stereocenters. The first-order valence-corrected chi connectivity index (χ1v) is 7.05. The molecule has 0 saturated carbocycles. The lowest BCUT2D eigenvalue weighted by Gasteiger charge is -2.18. The molecule has 1 unspecified atom stereocenters. The molecule has 0 amide bonds. The van der Waals surface area contributed by atoms with Crippen LogP contribution in [0.1, 0.15) is 24.2 Å². The molecular formula is C15H17ClFN3O. The maximum atomic E-state index is 13.5. The van der Waals surface area contributed by atoms with E-state index in [4.69, 9.17) is 16.3 Å². The SMILES string of the molecule is CCNC(Cc1cccc(F)c1Cl)c1cc(OC)ncn1. The average Bonchev–Trinajstić information content (AvgIpc) is 2.51. The summed E-state index contributed by atoms with van der Waals surface area (Å²) >= 11 is 6.02. The van der Waals surface area contributed by atoms with Crippen molar-refractivity contribution in [3.05, 3.63) is 52.7 Å². The summed E-state index contributed by atoms with van der Waals surface area (Å²) in [4.78, 5) is 8.26. The molecule has 1 heterocycles. The molecule has 0 aliphatic carbocycles. The Morgan fingerprint density at radius 1 is 1.38 bits per heavy atom. The van der Waals surface area contributed by atoms with Crippen molar-refractivity contribution in [2.75, 3.05) is 13.7 Å². The van der Waals surface area contributed by atoms with Gasteiger partial charge in [-0.3, -0.25) is 0 Å². The quantitative estimate of drug-likeness (QED) is 0.890. The lowest BCUT2D eigenvalue weighted by Crippen LogP contribution is -2.24. The van der Waals surface area contributed by atoms with Crippen LogP contribution in [-0.2, 0) is 6.42 Å². The van der Waals surface area contributed by atoms with Crippen LogP contribution in [0.2, 0.25) is 5.02 Å². The van der Waals surface area contributed by atoms with Crippen molar-refractivity contribution in [1.82, 2.24) is 15.3 Å². The zero-order valence-electron chi connectivity index (χ0n) is 11.9. The van der Waals surface area contributed by atoms with Gasteiger partial charge in [0.15, 0.2) is 0 Å². The Labute approximate surface area is 128 Å². The third-order valence-electron chi connectivity index (χ3n) is 3.14. The number of benzene rings is 1. The van der Waals surface area contributed by atoms with Crippen molar-refractivity contribution >= 4 is 11.6 Å². The number of aromatic nitrogens is 2. The van der Waals surface area contributed by atoms with Gasteiger partial charge in [0.1, 0.15) is 12.1 Å². The van der Waals surface area contributed by atoms with Crippen molar-refractivity contribution in [2.24, 2.45) is 0 Å². The second-order valence-electron chi connectivity index (χ2n) is 4.51. The van der Waals surface area contributed by atoms with Crippen LogP contribution in [0.15, 0.2) is 30.6 Å². The van der Waals surface area contributed by atoms with E-state index in [9.17, 15) is 4.39 Å². The van der Waals surface area contributed by atoms with E-state index in [2.05, 4.69) is 15.3 Å². The second kappa shape index (κ2) is 7.33. The monoisotopic (exact) mass is 309 g/mol. The molecule has 6 heteroatoms. The minimum Gasteiger partial charge on any atom is -0.481 e. The predicted molar refractivity (Wildman–Crippen MR) is 80.1 cm³/mol. The predicted octanol–water partition coefficient (Wildman–Crippen LogP) is 3.17. The topological polar surface area (TPSA) is 47.0 Å². The van der Waals surface area contributed by atoms with Gasteiger partial charge in [0.05, 0.1) is 23.9 Å². The Kier molecular flexibility index (Phi) is 5.47. The molecule has 2 rings (SSSR count). The van der Waals surface area contributed by atoms with Crippen LogP contribution in [0.3, 0.4) is 0 Å². The smallest absolute Gasteiger partial charge is 0.216 e. The van der Waals surface area contributed by atoms with Gasteiger partial charge in [0, 0.05) is 6.07 Å². The summed E-state index contributed by atoms with van der Waals surface area (Å²) < 4.78 is 18.6. The molecule has 112 valence electrons. The highest BCUT2D eigenvalue weighted by Crippen LogP contribution is 2.25. The molecule has 0 aliphatic rings.